The molecule has 0 saturated heterocycles. The van der Waals surface area contributed by atoms with Crippen LogP contribution in [0.25, 0.3) is 0 Å². The molecule has 1 fully saturated rings. The number of amides is 1. The lowest BCUT2D eigenvalue weighted by atomic mass is 9.78. The predicted molar refractivity (Wildman–Crippen MR) is 72.9 cm³/mol. The molecule has 1 aromatic rings. The Morgan fingerprint density at radius 3 is 2.55 bits per heavy atom. The second-order valence-electron chi connectivity index (χ2n) is 5.24. The molecule has 1 aliphatic rings. The molecule has 108 valence electrons. The summed E-state index contributed by atoms with van der Waals surface area (Å²) in [5, 5.41) is 11.8. The fourth-order valence-corrected chi connectivity index (χ4v) is 2.71. The normalized spacial score (nSPS) is 22.3. The maximum atomic E-state index is 13.4. The van der Waals surface area contributed by atoms with Crippen molar-refractivity contribution in [2.75, 3.05) is 5.32 Å². The van der Waals surface area contributed by atoms with Crippen LogP contribution in [-0.4, -0.2) is 17.0 Å². The van der Waals surface area contributed by atoms with Crippen molar-refractivity contribution in [2.24, 2.45) is 11.8 Å². The number of hydrogen-bond donors (Lipinski definition) is 2. The van der Waals surface area contributed by atoms with Crippen molar-refractivity contribution in [1.29, 1.82) is 0 Å². The van der Waals surface area contributed by atoms with Crippen molar-refractivity contribution < 1.29 is 19.1 Å². The Kier molecular flexibility index (Phi) is 4.37. The molecule has 0 heterocycles. The second kappa shape index (κ2) is 6.03. The van der Waals surface area contributed by atoms with E-state index in [-0.39, 0.29) is 11.7 Å². The average molecular weight is 279 g/mol. The molecule has 2 rings (SSSR count). The molecule has 0 aliphatic heterocycles. The molecule has 20 heavy (non-hydrogen) atoms. The number of carboxylic acid groups (broad SMARTS) is 1. The van der Waals surface area contributed by atoms with Gasteiger partial charge in [-0.25, -0.2) is 4.39 Å². The van der Waals surface area contributed by atoms with Gasteiger partial charge in [0.2, 0.25) is 5.91 Å². The lowest BCUT2D eigenvalue weighted by Crippen LogP contribution is -2.36. The molecule has 1 aromatic carbocycles. The fraction of sp³-hybridized carbons (Fsp3) is 0.467. The van der Waals surface area contributed by atoms with Crippen LogP contribution in [0, 0.1) is 24.6 Å². The third kappa shape index (κ3) is 2.98. The van der Waals surface area contributed by atoms with Crippen molar-refractivity contribution in [1.82, 2.24) is 0 Å². The first-order valence-electron chi connectivity index (χ1n) is 6.79. The molecule has 0 unspecified atom stereocenters. The van der Waals surface area contributed by atoms with Gasteiger partial charge in [-0.05, 0) is 31.9 Å². The van der Waals surface area contributed by atoms with Crippen LogP contribution in [0.2, 0.25) is 0 Å². The molecule has 0 radical (unpaired) electrons. The summed E-state index contributed by atoms with van der Waals surface area (Å²) in [6.45, 7) is 1.58. The van der Waals surface area contributed by atoms with Gasteiger partial charge in [-0.3, -0.25) is 9.59 Å². The van der Waals surface area contributed by atoms with Gasteiger partial charge in [0.15, 0.2) is 0 Å². The summed E-state index contributed by atoms with van der Waals surface area (Å²) in [5.41, 5.74) is 0.772. The molecule has 1 amide bonds. The summed E-state index contributed by atoms with van der Waals surface area (Å²) in [7, 11) is 0. The minimum absolute atomic E-state index is 0.328. The van der Waals surface area contributed by atoms with E-state index in [0.717, 1.165) is 12.8 Å². The van der Waals surface area contributed by atoms with Gasteiger partial charge in [-0.15, -0.1) is 0 Å². The largest absolute Gasteiger partial charge is 0.481 e. The van der Waals surface area contributed by atoms with E-state index in [2.05, 4.69) is 5.32 Å². The highest BCUT2D eigenvalue weighted by Crippen LogP contribution is 2.31. The van der Waals surface area contributed by atoms with Crippen LogP contribution in [0.1, 0.15) is 31.2 Å². The van der Waals surface area contributed by atoms with Gasteiger partial charge >= 0.3 is 5.97 Å². The van der Waals surface area contributed by atoms with Crippen LogP contribution in [0.15, 0.2) is 18.2 Å². The maximum Gasteiger partial charge on any atom is 0.307 e. The van der Waals surface area contributed by atoms with Crippen molar-refractivity contribution in [3.05, 3.63) is 29.6 Å². The highest BCUT2D eigenvalue weighted by atomic mass is 19.1. The van der Waals surface area contributed by atoms with Gasteiger partial charge in [0.25, 0.3) is 0 Å². The third-order valence-electron chi connectivity index (χ3n) is 3.95. The number of carboxylic acids is 1. The number of benzene rings is 1. The Labute approximate surface area is 117 Å². The zero-order valence-electron chi connectivity index (χ0n) is 11.4. The van der Waals surface area contributed by atoms with Crippen molar-refractivity contribution >= 4 is 17.6 Å². The predicted octanol–water partition coefficient (Wildman–Crippen LogP) is 2.96. The number of aliphatic carboxylic acids is 1. The highest BCUT2D eigenvalue weighted by Gasteiger charge is 2.35. The zero-order chi connectivity index (χ0) is 14.7. The molecular formula is C15H18FNO3. The van der Waals surface area contributed by atoms with E-state index in [0.29, 0.717) is 24.1 Å². The van der Waals surface area contributed by atoms with Gasteiger partial charge < -0.3 is 10.4 Å². The minimum atomic E-state index is -0.930. The highest BCUT2D eigenvalue weighted by molar-refractivity contribution is 5.95. The SMILES string of the molecule is Cc1c(F)cccc1NC(=O)[C@@H]1CCCC[C@H]1C(=O)O. The Bertz CT molecular complexity index is 530. The van der Waals surface area contributed by atoms with E-state index in [1.165, 1.54) is 12.1 Å². The van der Waals surface area contributed by atoms with Gasteiger partial charge in [0.1, 0.15) is 5.82 Å². The number of rotatable bonds is 3. The molecule has 0 aromatic heterocycles. The van der Waals surface area contributed by atoms with Crippen LogP contribution in [0.4, 0.5) is 10.1 Å². The van der Waals surface area contributed by atoms with E-state index < -0.39 is 17.8 Å². The lowest BCUT2D eigenvalue weighted by Gasteiger charge is -2.27. The first-order valence-corrected chi connectivity index (χ1v) is 6.79. The quantitative estimate of drug-likeness (QED) is 0.894. The Morgan fingerprint density at radius 1 is 1.25 bits per heavy atom. The molecule has 0 spiro atoms. The lowest BCUT2D eigenvalue weighted by molar-refractivity contribution is -0.147. The monoisotopic (exact) mass is 279 g/mol. The molecule has 1 saturated carbocycles. The van der Waals surface area contributed by atoms with Crippen LogP contribution in [0.3, 0.4) is 0 Å². The standard InChI is InChI=1S/C15H18FNO3/c1-9-12(16)7-4-8-13(9)17-14(18)10-5-2-3-6-11(10)15(19)20/h4,7-8,10-11H,2-3,5-6H2,1H3,(H,17,18)(H,19,20)/t10-,11-/m1/s1. The number of hydrogen-bond acceptors (Lipinski definition) is 2. The van der Waals surface area contributed by atoms with Gasteiger partial charge in [-0.1, -0.05) is 18.9 Å². The molecule has 1 aliphatic carbocycles. The van der Waals surface area contributed by atoms with E-state index in [1.54, 1.807) is 13.0 Å². The van der Waals surface area contributed by atoms with Crippen molar-refractivity contribution in [3.8, 4) is 0 Å². The number of halogens is 1. The van der Waals surface area contributed by atoms with E-state index in [9.17, 15) is 19.1 Å². The van der Waals surface area contributed by atoms with Crippen LogP contribution >= 0.6 is 0 Å². The van der Waals surface area contributed by atoms with Gasteiger partial charge in [0.05, 0.1) is 11.8 Å². The first kappa shape index (κ1) is 14.5. The maximum absolute atomic E-state index is 13.4. The summed E-state index contributed by atoms with van der Waals surface area (Å²) >= 11 is 0. The average Bonchev–Trinajstić information content (AvgIpc) is 2.43. The molecule has 0 bridgehead atoms. The van der Waals surface area contributed by atoms with Gasteiger partial charge in [0, 0.05) is 11.3 Å². The molecular weight excluding hydrogens is 261 g/mol. The minimum Gasteiger partial charge on any atom is -0.481 e. The number of carbonyl (C=O) groups excluding carboxylic acids is 1. The summed E-state index contributed by atoms with van der Waals surface area (Å²) in [5.74, 6) is -2.82. The zero-order valence-corrected chi connectivity index (χ0v) is 11.4. The summed E-state index contributed by atoms with van der Waals surface area (Å²) in [6, 6.07) is 4.47. The summed E-state index contributed by atoms with van der Waals surface area (Å²) < 4.78 is 13.4. The van der Waals surface area contributed by atoms with E-state index >= 15 is 0 Å². The topological polar surface area (TPSA) is 66.4 Å². The second-order valence-corrected chi connectivity index (χ2v) is 5.24. The van der Waals surface area contributed by atoms with Gasteiger partial charge in [-0.2, -0.15) is 0 Å². The summed E-state index contributed by atoms with van der Waals surface area (Å²) in [6.07, 6.45) is 2.77. The van der Waals surface area contributed by atoms with Crippen LogP contribution < -0.4 is 5.32 Å². The van der Waals surface area contributed by atoms with Crippen LogP contribution in [-0.2, 0) is 9.59 Å². The number of nitrogens with one attached hydrogen (secondary N) is 1. The third-order valence-corrected chi connectivity index (χ3v) is 3.95. The Balaban J connectivity index is 2.14. The first-order chi connectivity index (χ1) is 9.50. The van der Waals surface area contributed by atoms with Crippen LogP contribution in [0.5, 0.6) is 0 Å². The number of anilines is 1. The molecule has 5 heteroatoms. The van der Waals surface area contributed by atoms with Crippen molar-refractivity contribution in [2.45, 2.75) is 32.6 Å². The van der Waals surface area contributed by atoms with Crippen molar-refractivity contribution in [3.63, 3.8) is 0 Å². The molecule has 2 N–H and O–H groups in total. The fourth-order valence-electron chi connectivity index (χ4n) is 2.71. The van der Waals surface area contributed by atoms with E-state index in [1.807, 2.05) is 0 Å². The smallest absolute Gasteiger partial charge is 0.307 e. The molecule has 4 nitrogen and oxygen atoms in total. The number of carbonyl (C=O) groups is 2. The van der Waals surface area contributed by atoms with E-state index in [4.69, 9.17) is 0 Å². The summed E-state index contributed by atoms with van der Waals surface area (Å²) in [4.78, 5) is 23.5. The Morgan fingerprint density at radius 2 is 1.90 bits per heavy atom. The Hall–Kier alpha value is -1.91. The molecule has 2 atom stereocenters.